The molecule has 1 aromatic carbocycles. The fourth-order valence-electron chi connectivity index (χ4n) is 5.05. The molecule has 27 heavy (non-hydrogen) atoms. The fourth-order valence-corrected chi connectivity index (χ4v) is 5.05. The second kappa shape index (κ2) is 6.98. The topological polar surface area (TPSA) is 63.8 Å². The van der Waals surface area contributed by atoms with Crippen molar-refractivity contribution in [3.8, 4) is 17.2 Å². The fraction of sp³-hybridized carbons (Fsp3) is 0.571. The molecule has 4 rings (SSSR count). The van der Waals surface area contributed by atoms with Gasteiger partial charge in [-0.25, -0.2) is 0 Å². The summed E-state index contributed by atoms with van der Waals surface area (Å²) < 4.78 is 16.5. The Bertz CT molecular complexity index is 859. The Hall–Kier alpha value is -2.37. The summed E-state index contributed by atoms with van der Waals surface area (Å²) in [6.07, 6.45) is 5.96. The zero-order valence-corrected chi connectivity index (χ0v) is 16.5. The quantitative estimate of drug-likeness (QED) is 0.881. The van der Waals surface area contributed by atoms with E-state index in [1.54, 1.807) is 27.4 Å². The molecule has 1 saturated heterocycles. The number of carbonyl (C=O) groups excluding carboxylic acids is 1. The maximum atomic E-state index is 13.4. The average Bonchev–Trinajstić information content (AvgIpc) is 3.26. The Morgan fingerprint density at radius 1 is 1.07 bits per heavy atom. The zero-order valence-electron chi connectivity index (χ0n) is 16.5. The SMILES string of the molecule is COc1cc(OC)c2cc(C(=O)N3[C@H](C)C[C@H]4CCCC[C@@H]43)[nH]c2c1OC. The van der Waals surface area contributed by atoms with E-state index in [4.69, 9.17) is 14.2 Å². The Labute approximate surface area is 159 Å². The van der Waals surface area contributed by atoms with E-state index in [0.717, 1.165) is 23.7 Å². The summed E-state index contributed by atoms with van der Waals surface area (Å²) in [5.74, 6) is 2.52. The first-order chi connectivity index (χ1) is 13.1. The van der Waals surface area contributed by atoms with Crippen molar-refractivity contribution in [2.75, 3.05) is 21.3 Å². The molecule has 1 aromatic heterocycles. The van der Waals surface area contributed by atoms with Gasteiger partial charge in [0.25, 0.3) is 5.91 Å². The standard InChI is InChI=1S/C21H28N2O4/c1-12-9-13-7-5-6-8-16(13)23(12)21(24)15-10-14-17(25-2)11-18(26-3)20(27-4)19(14)22-15/h10-13,16,22H,5-9H2,1-4H3/t12-,13-,16+/m1/s1. The number of likely N-dealkylation sites (tertiary alicyclic amines) is 1. The normalized spacial score (nSPS) is 24.7. The van der Waals surface area contributed by atoms with Gasteiger partial charge < -0.3 is 24.1 Å². The molecular formula is C21H28N2O4. The number of nitrogens with zero attached hydrogens (tertiary/aromatic N) is 1. The van der Waals surface area contributed by atoms with Gasteiger partial charge in [-0.1, -0.05) is 12.8 Å². The van der Waals surface area contributed by atoms with Gasteiger partial charge in [0.1, 0.15) is 11.4 Å². The second-order valence-electron chi connectivity index (χ2n) is 7.70. The van der Waals surface area contributed by atoms with Crippen LogP contribution in [0.15, 0.2) is 12.1 Å². The summed E-state index contributed by atoms with van der Waals surface area (Å²) in [6, 6.07) is 4.31. The number of nitrogens with one attached hydrogen (secondary N) is 1. The summed E-state index contributed by atoms with van der Waals surface area (Å²) in [4.78, 5) is 18.8. The lowest BCUT2D eigenvalue weighted by Crippen LogP contribution is -2.42. The van der Waals surface area contributed by atoms with Gasteiger partial charge in [0.15, 0.2) is 11.5 Å². The maximum absolute atomic E-state index is 13.4. The number of hydrogen-bond donors (Lipinski definition) is 1. The van der Waals surface area contributed by atoms with Gasteiger partial charge >= 0.3 is 0 Å². The van der Waals surface area contributed by atoms with Gasteiger partial charge in [0.2, 0.25) is 0 Å². The second-order valence-corrected chi connectivity index (χ2v) is 7.70. The molecule has 0 unspecified atom stereocenters. The molecule has 1 aliphatic heterocycles. The van der Waals surface area contributed by atoms with E-state index in [1.165, 1.54) is 19.3 Å². The average molecular weight is 372 g/mol. The first-order valence-electron chi connectivity index (χ1n) is 9.73. The van der Waals surface area contributed by atoms with E-state index in [0.29, 0.717) is 34.9 Å². The van der Waals surface area contributed by atoms with Crippen LogP contribution in [0.4, 0.5) is 0 Å². The molecule has 0 bridgehead atoms. The van der Waals surface area contributed by atoms with Crippen LogP contribution in [-0.4, -0.2) is 49.2 Å². The van der Waals surface area contributed by atoms with Gasteiger partial charge in [-0.2, -0.15) is 0 Å². The molecule has 0 radical (unpaired) electrons. The molecule has 2 heterocycles. The number of rotatable bonds is 4. The monoisotopic (exact) mass is 372 g/mol. The van der Waals surface area contributed by atoms with Crippen molar-refractivity contribution < 1.29 is 19.0 Å². The summed E-state index contributed by atoms with van der Waals surface area (Å²) in [7, 11) is 4.80. The molecule has 3 atom stereocenters. The highest BCUT2D eigenvalue weighted by Gasteiger charge is 2.43. The van der Waals surface area contributed by atoms with E-state index in [2.05, 4.69) is 16.8 Å². The van der Waals surface area contributed by atoms with Crippen LogP contribution < -0.4 is 14.2 Å². The molecule has 6 heteroatoms. The number of hydrogen-bond acceptors (Lipinski definition) is 4. The predicted molar refractivity (Wildman–Crippen MR) is 104 cm³/mol. The number of aromatic nitrogens is 1. The molecule has 146 valence electrons. The number of carbonyl (C=O) groups is 1. The number of benzene rings is 1. The smallest absolute Gasteiger partial charge is 0.270 e. The minimum atomic E-state index is 0.0659. The Morgan fingerprint density at radius 3 is 2.52 bits per heavy atom. The highest BCUT2D eigenvalue weighted by molar-refractivity contribution is 6.02. The number of methoxy groups -OCH3 is 3. The molecule has 2 fully saturated rings. The first kappa shape index (κ1) is 18.0. The van der Waals surface area contributed by atoms with Crippen LogP contribution in [0.1, 0.15) is 49.5 Å². The van der Waals surface area contributed by atoms with Crippen molar-refractivity contribution >= 4 is 16.8 Å². The van der Waals surface area contributed by atoms with E-state index < -0.39 is 0 Å². The molecule has 0 spiro atoms. The van der Waals surface area contributed by atoms with Crippen LogP contribution >= 0.6 is 0 Å². The lowest BCUT2D eigenvalue weighted by molar-refractivity contribution is 0.0628. The van der Waals surface area contributed by atoms with Crippen LogP contribution in [0.2, 0.25) is 0 Å². The van der Waals surface area contributed by atoms with Crippen molar-refractivity contribution in [2.24, 2.45) is 5.92 Å². The van der Waals surface area contributed by atoms with Crippen molar-refractivity contribution in [2.45, 2.75) is 51.1 Å². The van der Waals surface area contributed by atoms with E-state index in [9.17, 15) is 4.79 Å². The summed E-state index contributed by atoms with van der Waals surface area (Å²) in [6.45, 7) is 2.17. The van der Waals surface area contributed by atoms with Crippen molar-refractivity contribution in [1.82, 2.24) is 9.88 Å². The van der Waals surface area contributed by atoms with Crippen molar-refractivity contribution in [3.63, 3.8) is 0 Å². The van der Waals surface area contributed by atoms with Crippen LogP contribution in [0.3, 0.4) is 0 Å². The molecule has 6 nitrogen and oxygen atoms in total. The van der Waals surface area contributed by atoms with E-state index >= 15 is 0 Å². The van der Waals surface area contributed by atoms with Gasteiger partial charge in [-0.3, -0.25) is 4.79 Å². The van der Waals surface area contributed by atoms with Crippen LogP contribution in [-0.2, 0) is 0 Å². The van der Waals surface area contributed by atoms with Gasteiger partial charge in [0, 0.05) is 23.5 Å². The Kier molecular flexibility index (Phi) is 4.66. The molecule has 1 amide bonds. The third-order valence-corrected chi connectivity index (χ3v) is 6.25. The minimum Gasteiger partial charge on any atom is -0.496 e. The third kappa shape index (κ3) is 2.82. The number of ether oxygens (including phenoxy) is 3. The largest absolute Gasteiger partial charge is 0.496 e. The zero-order chi connectivity index (χ0) is 19.1. The van der Waals surface area contributed by atoms with Crippen molar-refractivity contribution in [1.29, 1.82) is 0 Å². The van der Waals surface area contributed by atoms with E-state index in [1.807, 2.05) is 6.07 Å². The van der Waals surface area contributed by atoms with Gasteiger partial charge in [0.05, 0.1) is 26.8 Å². The van der Waals surface area contributed by atoms with Gasteiger partial charge in [-0.15, -0.1) is 0 Å². The summed E-state index contributed by atoms with van der Waals surface area (Å²) in [5.41, 5.74) is 1.30. The number of amides is 1. The number of aromatic amines is 1. The number of fused-ring (bicyclic) bond motifs is 2. The molecule has 2 aromatic rings. The van der Waals surface area contributed by atoms with Crippen molar-refractivity contribution in [3.05, 3.63) is 17.8 Å². The van der Waals surface area contributed by atoms with Crippen LogP contribution in [0.25, 0.3) is 10.9 Å². The third-order valence-electron chi connectivity index (χ3n) is 6.25. The Balaban J connectivity index is 1.76. The number of H-pyrrole nitrogens is 1. The molecule has 2 aliphatic rings. The molecule has 1 aliphatic carbocycles. The van der Waals surface area contributed by atoms with Gasteiger partial charge in [-0.05, 0) is 38.2 Å². The predicted octanol–water partition coefficient (Wildman–Crippen LogP) is 3.99. The highest BCUT2D eigenvalue weighted by Crippen LogP contribution is 2.43. The minimum absolute atomic E-state index is 0.0659. The van der Waals surface area contributed by atoms with E-state index in [-0.39, 0.29) is 11.9 Å². The molecular weight excluding hydrogens is 344 g/mol. The molecule has 1 saturated carbocycles. The summed E-state index contributed by atoms with van der Waals surface area (Å²) in [5, 5.41) is 0.825. The summed E-state index contributed by atoms with van der Waals surface area (Å²) >= 11 is 0. The van der Waals surface area contributed by atoms with Crippen LogP contribution in [0.5, 0.6) is 17.2 Å². The Morgan fingerprint density at radius 2 is 1.81 bits per heavy atom. The lowest BCUT2D eigenvalue weighted by Gasteiger charge is -2.33. The lowest BCUT2D eigenvalue weighted by atomic mass is 9.85. The maximum Gasteiger partial charge on any atom is 0.270 e. The molecule has 1 N–H and O–H groups in total. The highest BCUT2D eigenvalue weighted by atomic mass is 16.5. The first-order valence-corrected chi connectivity index (χ1v) is 9.73. The van der Waals surface area contributed by atoms with Crippen LogP contribution in [0, 0.1) is 5.92 Å².